The normalized spacial score (nSPS) is 11.2. The van der Waals surface area contributed by atoms with Gasteiger partial charge in [0.1, 0.15) is 5.83 Å². The Labute approximate surface area is 59.3 Å². The van der Waals surface area contributed by atoms with Crippen LogP contribution >= 0.6 is 11.6 Å². The molecule has 0 fully saturated rings. The van der Waals surface area contributed by atoms with Crippen LogP contribution < -0.4 is 0 Å². The van der Waals surface area contributed by atoms with Crippen LogP contribution in [0.5, 0.6) is 0 Å². The predicted octanol–water partition coefficient (Wildman–Crippen LogP) is 3.17. The first-order chi connectivity index (χ1) is 4.04. The van der Waals surface area contributed by atoms with Crippen LogP contribution in [0.2, 0.25) is 0 Å². The van der Waals surface area contributed by atoms with Crippen LogP contribution in [0.25, 0.3) is 0 Å². The summed E-state index contributed by atoms with van der Waals surface area (Å²) in [5.74, 6) is -0.421. The SMILES string of the molecule is C=C(Cl)C=C(F)C(=C)C. The largest absolute Gasteiger partial charge is 0.207 e. The van der Waals surface area contributed by atoms with Crippen LogP contribution in [0.3, 0.4) is 0 Å². The minimum atomic E-state index is -0.421. The van der Waals surface area contributed by atoms with Gasteiger partial charge in [-0.3, -0.25) is 0 Å². The third-order valence-corrected chi connectivity index (χ3v) is 0.800. The second-order valence-electron chi connectivity index (χ2n) is 1.72. The third-order valence-electron chi connectivity index (χ3n) is 0.691. The Morgan fingerprint density at radius 1 is 1.56 bits per heavy atom. The molecule has 0 aliphatic carbocycles. The van der Waals surface area contributed by atoms with Gasteiger partial charge in [0.2, 0.25) is 0 Å². The summed E-state index contributed by atoms with van der Waals surface area (Å²) in [7, 11) is 0. The average molecular weight is 147 g/mol. The molecule has 0 unspecified atom stereocenters. The lowest BCUT2D eigenvalue weighted by Gasteiger charge is -1.90. The van der Waals surface area contributed by atoms with Gasteiger partial charge in [0, 0.05) is 5.03 Å². The lowest BCUT2D eigenvalue weighted by molar-refractivity contribution is 0.652. The molecule has 0 amide bonds. The van der Waals surface area contributed by atoms with Crippen molar-refractivity contribution in [1.82, 2.24) is 0 Å². The Morgan fingerprint density at radius 3 is 2.11 bits per heavy atom. The molecule has 0 rings (SSSR count). The van der Waals surface area contributed by atoms with Crippen LogP contribution in [-0.4, -0.2) is 0 Å². The average Bonchev–Trinajstić information content (AvgIpc) is 1.63. The molecule has 0 bridgehead atoms. The molecule has 0 saturated heterocycles. The molecule has 50 valence electrons. The molecule has 2 heteroatoms. The Hall–Kier alpha value is -0.560. The molecule has 9 heavy (non-hydrogen) atoms. The van der Waals surface area contributed by atoms with Crippen molar-refractivity contribution in [3.05, 3.63) is 35.7 Å². The number of hydrogen-bond donors (Lipinski definition) is 0. The monoisotopic (exact) mass is 146 g/mol. The van der Waals surface area contributed by atoms with E-state index in [2.05, 4.69) is 13.2 Å². The van der Waals surface area contributed by atoms with Gasteiger partial charge >= 0.3 is 0 Å². The van der Waals surface area contributed by atoms with Gasteiger partial charge in [0.25, 0.3) is 0 Å². The fraction of sp³-hybridized carbons (Fsp3) is 0.143. The molecular formula is C7H8ClF. The maximum absolute atomic E-state index is 12.4. The van der Waals surface area contributed by atoms with Gasteiger partial charge in [-0.15, -0.1) is 0 Å². The lowest BCUT2D eigenvalue weighted by Crippen LogP contribution is -1.72. The molecule has 0 aliphatic rings. The van der Waals surface area contributed by atoms with Crippen LogP contribution in [0.1, 0.15) is 6.92 Å². The summed E-state index contributed by atoms with van der Waals surface area (Å²) in [5, 5.41) is 0.176. The van der Waals surface area contributed by atoms with Crippen LogP contribution in [0.4, 0.5) is 4.39 Å². The summed E-state index contributed by atoms with van der Waals surface area (Å²) in [6, 6.07) is 0. The zero-order chi connectivity index (χ0) is 7.44. The summed E-state index contributed by atoms with van der Waals surface area (Å²) in [4.78, 5) is 0. The van der Waals surface area contributed by atoms with Crippen molar-refractivity contribution in [3.8, 4) is 0 Å². The molecule has 0 atom stereocenters. The van der Waals surface area contributed by atoms with E-state index < -0.39 is 5.83 Å². The van der Waals surface area contributed by atoms with Crippen LogP contribution in [-0.2, 0) is 0 Å². The second-order valence-corrected chi connectivity index (χ2v) is 2.20. The molecule has 0 nitrogen and oxygen atoms in total. The highest BCUT2D eigenvalue weighted by Crippen LogP contribution is 2.12. The van der Waals surface area contributed by atoms with E-state index >= 15 is 0 Å². The molecule has 0 aromatic carbocycles. The molecule has 0 saturated carbocycles. The van der Waals surface area contributed by atoms with E-state index in [4.69, 9.17) is 11.6 Å². The van der Waals surface area contributed by atoms with Crippen molar-refractivity contribution in [2.75, 3.05) is 0 Å². The van der Waals surface area contributed by atoms with E-state index in [0.717, 1.165) is 6.08 Å². The van der Waals surface area contributed by atoms with E-state index in [1.807, 2.05) is 0 Å². The fourth-order valence-corrected chi connectivity index (χ4v) is 0.356. The highest BCUT2D eigenvalue weighted by molar-refractivity contribution is 6.30. The molecule has 0 N–H and O–H groups in total. The minimum absolute atomic E-state index is 0.176. The zero-order valence-electron chi connectivity index (χ0n) is 5.25. The van der Waals surface area contributed by atoms with E-state index in [-0.39, 0.29) is 5.03 Å². The molecule has 0 spiro atoms. The highest BCUT2D eigenvalue weighted by atomic mass is 35.5. The Bertz CT molecular complexity index is 168. The lowest BCUT2D eigenvalue weighted by atomic mass is 10.3. The predicted molar refractivity (Wildman–Crippen MR) is 39.0 cm³/mol. The van der Waals surface area contributed by atoms with Gasteiger partial charge in [-0.05, 0) is 18.6 Å². The molecule has 0 radical (unpaired) electrons. The van der Waals surface area contributed by atoms with Gasteiger partial charge in [-0.25, -0.2) is 4.39 Å². The van der Waals surface area contributed by atoms with Gasteiger partial charge in [0.15, 0.2) is 0 Å². The van der Waals surface area contributed by atoms with Crippen molar-refractivity contribution < 1.29 is 4.39 Å². The molecule has 0 aromatic rings. The van der Waals surface area contributed by atoms with Crippen molar-refractivity contribution in [3.63, 3.8) is 0 Å². The molecule has 0 aliphatic heterocycles. The minimum Gasteiger partial charge on any atom is -0.207 e. The molecule has 0 heterocycles. The van der Waals surface area contributed by atoms with Gasteiger partial charge in [-0.2, -0.15) is 0 Å². The zero-order valence-corrected chi connectivity index (χ0v) is 6.00. The summed E-state index contributed by atoms with van der Waals surface area (Å²) < 4.78 is 12.4. The summed E-state index contributed by atoms with van der Waals surface area (Å²) >= 11 is 5.26. The smallest absolute Gasteiger partial charge is 0.126 e. The summed E-state index contributed by atoms with van der Waals surface area (Å²) in [5.41, 5.74) is 0.358. The van der Waals surface area contributed by atoms with Crippen LogP contribution in [0, 0.1) is 0 Å². The Morgan fingerprint density at radius 2 is 2.00 bits per heavy atom. The first-order valence-electron chi connectivity index (χ1n) is 2.41. The van der Waals surface area contributed by atoms with Gasteiger partial charge in [-0.1, -0.05) is 24.8 Å². The first kappa shape index (κ1) is 8.44. The van der Waals surface area contributed by atoms with Crippen molar-refractivity contribution in [2.45, 2.75) is 6.92 Å². The van der Waals surface area contributed by atoms with Crippen molar-refractivity contribution in [2.24, 2.45) is 0 Å². The quantitative estimate of drug-likeness (QED) is 0.525. The second kappa shape index (κ2) is 3.46. The van der Waals surface area contributed by atoms with Crippen LogP contribution in [0.15, 0.2) is 35.7 Å². The molecular weight excluding hydrogens is 139 g/mol. The number of rotatable bonds is 2. The van der Waals surface area contributed by atoms with Gasteiger partial charge in [0.05, 0.1) is 0 Å². The maximum atomic E-state index is 12.4. The van der Waals surface area contributed by atoms with Crippen molar-refractivity contribution in [1.29, 1.82) is 0 Å². The standard InChI is InChI=1S/C7H8ClF/c1-5(2)7(9)4-6(3)8/h4H,1,3H2,2H3. The number of hydrogen-bond acceptors (Lipinski definition) is 0. The van der Waals surface area contributed by atoms with E-state index in [9.17, 15) is 4.39 Å². The fourth-order valence-electron chi connectivity index (χ4n) is 0.261. The first-order valence-corrected chi connectivity index (χ1v) is 2.79. The highest BCUT2D eigenvalue weighted by Gasteiger charge is 1.92. The van der Waals surface area contributed by atoms with Crippen molar-refractivity contribution >= 4 is 11.6 Å². The number of allylic oxidation sites excluding steroid dienone is 4. The van der Waals surface area contributed by atoms with E-state index in [1.165, 1.54) is 0 Å². The Balaban J connectivity index is 4.17. The Kier molecular flexibility index (Phi) is 3.25. The summed E-state index contributed by atoms with van der Waals surface area (Å²) in [6.07, 6.45) is 1.13. The summed E-state index contributed by atoms with van der Waals surface area (Å²) in [6.45, 7) is 8.21. The van der Waals surface area contributed by atoms with Gasteiger partial charge < -0.3 is 0 Å². The third kappa shape index (κ3) is 3.98. The maximum Gasteiger partial charge on any atom is 0.126 e. The number of halogens is 2. The van der Waals surface area contributed by atoms with E-state index in [0.29, 0.717) is 5.57 Å². The van der Waals surface area contributed by atoms with E-state index in [1.54, 1.807) is 6.92 Å². The topological polar surface area (TPSA) is 0 Å². The molecule has 0 aromatic heterocycles.